The number of nitro groups is 1. The number of aromatic nitrogens is 3. The van der Waals surface area contributed by atoms with Crippen LogP contribution in [0.15, 0.2) is 76.5 Å². The molecule has 9 nitrogen and oxygen atoms in total. The van der Waals surface area contributed by atoms with E-state index in [9.17, 15) is 14.9 Å². The van der Waals surface area contributed by atoms with Crippen molar-refractivity contribution in [2.24, 2.45) is 7.05 Å². The summed E-state index contributed by atoms with van der Waals surface area (Å²) in [4.78, 5) is 24.2. The molecule has 0 aliphatic heterocycles. The molecule has 10 heteroatoms. The lowest BCUT2D eigenvalue weighted by atomic mass is 10.1. The number of benzene rings is 2. The van der Waals surface area contributed by atoms with Gasteiger partial charge in [-0.15, -0.1) is 10.2 Å². The van der Waals surface area contributed by atoms with E-state index in [2.05, 4.69) is 15.5 Å². The molecule has 0 aliphatic carbocycles. The summed E-state index contributed by atoms with van der Waals surface area (Å²) < 4.78 is 7.14. The highest BCUT2D eigenvalue weighted by Gasteiger charge is 2.27. The number of carbonyl (C=O) groups is 1. The maximum absolute atomic E-state index is 13.3. The lowest BCUT2D eigenvalue weighted by molar-refractivity contribution is -0.384. The van der Waals surface area contributed by atoms with Crippen molar-refractivity contribution in [3.05, 3.63) is 88.2 Å². The van der Waals surface area contributed by atoms with Crippen molar-refractivity contribution in [3.63, 3.8) is 0 Å². The van der Waals surface area contributed by atoms with Crippen LogP contribution in [0.25, 0.3) is 11.6 Å². The molecule has 0 radical (unpaired) electrons. The molecule has 32 heavy (non-hydrogen) atoms. The third kappa shape index (κ3) is 4.40. The number of hydrogen-bond acceptors (Lipinski definition) is 7. The number of nitrogens with zero attached hydrogens (tertiary/aromatic N) is 4. The fourth-order valence-corrected chi connectivity index (χ4v) is 4.14. The Morgan fingerprint density at radius 1 is 1.16 bits per heavy atom. The minimum Gasteiger partial charge on any atom is -0.461 e. The van der Waals surface area contributed by atoms with Gasteiger partial charge in [0.1, 0.15) is 10.9 Å². The number of thioether (sulfide) groups is 1. The summed E-state index contributed by atoms with van der Waals surface area (Å²) in [6.45, 7) is 1.76. The quantitative estimate of drug-likeness (QED) is 0.245. The molecule has 2 heterocycles. The largest absolute Gasteiger partial charge is 0.461 e. The van der Waals surface area contributed by atoms with Gasteiger partial charge in [-0.2, -0.15) is 0 Å². The van der Waals surface area contributed by atoms with Crippen LogP contribution in [0, 0.1) is 17.0 Å². The van der Waals surface area contributed by atoms with E-state index in [1.165, 1.54) is 23.9 Å². The number of amides is 1. The van der Waals surface area contributed by atoms with Gasteiger partial charge in [-0.3, -0.25) is 14.9 Å². The molecule has 0 aliphatic rings. The summed E-state index contributed by atoms with van der Waals surface area (Å²) in [6.07, 6.45) is 1.55. The van der Waals surface area contributed by atoms with Crippen LogP contribution in [0.5, 0.6) is 0 Å². The van der Waals surface area contributed by atoms with Crippen LogP contribution in [0.2, 0.25) is 0 Å². The van der Waals surface area contributed by atoms with Crippen LogP contribution in [0.1, 0.15) is 16.4 Å². The Hall–Kier alpha value is -3.92. The standard InChI is InChI=1S/C22H19N5O4S/c1-14-10-11-16(17(13-14)27(29)30)23-21(28)19(15-7-4-3-5-8-15)32-22-25-24-20(26(22)2)18-9-6-12-31-18/h3-13,19H,1-2H3,(H,23,28). The van der Waals surface area contributed by atoms with Gasteiger partial charge in [0, 0.05) is 13.1 Å². The number of nitrogens with one attached hydrogen (secondary N) is 1. The highest BCUT2D eigenvalue weighted by Crippen LogP contribution is 2.37. The van der Waals surface area contributed by atoms with Crippen molar-refractivity contribution in [1.29, 1.82) is 0 Å². The van der Waals surface area contributed by atoms with Gasteiger partial charge in [-0.25, -0.2) is 0 Å². The van der Waals surface area contributed by atoms with E-state index in [-0.39, 0.29) is 11.4 Å². The molecule has 1 amide bonds. The molecule has 162 valence electrons. The zero-order valence-electron chi connectivity index (χ0n) is 17.3. The predicted octanol–water partition coefficient (Wildman–Crippen LogP) is 4.76. The number of furan rings is 1. The van der Waals surface area contributed by atoms with Crippen LogP contribution in [0.4, 0.5) is 11.4 Å². The van der Waals surface area contributed by atoms with Gasteiger partial charge < -0.3 is 14.3 Å². The second kappa shape index (κ2) is 9.06. The number of anilines is 1. The maximum Gasteiger partial charge on any atom is 0.293 e. The molecular weight excluding hydrogens is 430 g/mol. The first kappa shape index (κ1) is 21.3. The molecule has 4 aromatic rings. The number of carbonyl (C=O) groups excluding carboxylic acids is 1. The van der Waals surface area contributed by atoms with Crippen LogP contribution < -0.4 is 5.32 Å². The van der Waals surface area contributed by atoms with E-state index in [1.54, 1.807) is 43.0 Å². The Kier molecular flexibility index (Phi) is 6.04. The zero-order chi connectivity index (χ0) is 22.7. The number of aryl methyl sites for hydroxylation is 1. The minimum absolute atomic E-state index is 0.140. The average molecular weight is 449 g/mol. The molecule has 0 saturated heterocycles. The predicted molar refractivity (Wildman–Crippen MR) is 120 cm³/mol. The van der Waals surface area contributed by atoms with Crippen molar-refractivity contribution < 1.29 is 14.1 Å². The SMILES string of the molecule is Cc1ccc(NC(=O)C(Sc2nnc(-c3ccco3)n2C)c2ccccc2)c([N+](=O)[O-])c1. The van der Waals surface area contributed by atoms with E-state index in [0.29, 0.717) is 16.7 Å². The molecule has 2 aromatic heterocycles. The van der Waals surface area contributed by atoms with Crippen LogP contribution in [-0.2, 0) is 11.8 Å². The van der Waals surface area contributed by atoms with Crippen molar-refractivity contribution in [2.45, 2.75) is 17.3 Å². The average Bonchev–Trinajstić information content (AvgIpc) is 3.43. The smallest absolute Gasteiger partial charge is 0.293 e. The minimum atomic E-state index is -0.718. The monoisotopic (exact) mass is 449 g/mol. The normalized spacial score (nSPS) is 11.8. The van der Waals surface area contributed by atoms with E-state index in [1.807, 2.05) is 30.3 Å². The van der Waals surface area contributed by atoms with Crippen molar-refractivity contribution in [3.8, 4) is 11.6 Å². The van der Waals surface area contributed by atoms with Crippen molar-refractivity contribution >= 4 is 29.0 Å². The second-order valence-corrected chi connectivity index (χ2v) is 8.09. The van der Waals surface area contributed by atoms with Crippen molar-refractivity contribution in [2.75, 3.05) is 5.32 Å². The summed E-state index contributed by atoms with van der Waals surface area (Å²) in [7, 11) is 1.78. The van der Waals surface area contributed by atoms with Gasteiger partial charge in [-0.1, -0.05) is 48.2 Å². The van der Waals surface area contributed by atoms with Crippen LogP contribution >= 0.6 is 11.8 Å². The highest BCUT2D eigenvalue weighted by molar-refractivity contribution is 8.00. The molecule has 1 N–H and O–H groups in total. The van der Waals surface area contributed by atoms with E-state index in [4.69, 9.17) is 4.42 Å². The third-order valence-corrected chi connectivity index (χ3v) is 6.04. The lowest BCUT2D eigenvalue weighted by Crippen LogP contribution is -2.20. The maximum atomic E-state index is 13.3. The summed E-state index contributed by atoms with van der Waals surface area (Å²) >= 11 is 1.20. The number of nitro benzene ring substituents is 1. The first-order chi connectivity index (χ1) is 15.4. The van der Waals surface area contributed by atoms with E-state index in [0.717, 1.165) is 11.1 Å². The molecule has 4 rings (SSSR count). The zero-order valence-corrected chi connectivity index (χ0v) is 18.1. The Balaban J connectivity index is 1.66. The molecular formula is C22H19N5O4S. The van der Waals surface area contributed by atoms with Gasteiger partial charge in [0.2, 0.25) is 5.91 Å². The molecule has 2 aromatic carbocycles. The first-order valence-corrected chi connectivity index (χ1v) is 10.5. The molecule has 0 bridgehead atoms. The van der Waals surface area contributed by atoms with Crippen LogP contribution in [0.3, 0.4) is 0 Å². The van der Waals surface area contributed by atoms with E-state index < -0.39 is 16.1 Å². The fourth-order valence-electron chi connectivity index (χ4n) is 3.14. The summed E-state index contributed by atoms with van der Waals surface area (Å²) in [5.74, 6) is 0.678. The van der Waals surface area contributed by atoms with Gasteiger partial charge >= 0.3 is 0 Å². The summed E-state index contributed by atoms with van der Waals surface area (Å²) in [6, 6.07) is 17.4. The molecule has 0 saturated carbocycles. The first-order valence-electron chi connectivity index (χ1n) is 9.65. The molecule has 0 spiro atoms. The van der Waals surface area contributed by atoms with Gasteiger partial charge in [-0.05, 0) is 36.2 Å². The highest BCUT2D eigenvalue weighted by atomic mass is 32.2. The third-order valence-electron chi connectivity index (χ3n) is 4.75. The molecule has 0 fully saturated rings. The Bertz CT molecular complexity index is 1250. The number of hydrogen-bond donors (Lipinski definition) is 1. The Labute approximate surface area is 187 Å². The summed E-state index contributed by atoms with van der Waals surface area (Å²) in [5.41, 5.74) is 1.44. The van der Waals surface area contributed by atoms with Gasteiger partial charge in [0.25, 0.3) is 5.69 Å². The van der Waals surface area contributed by atoms with Crippen molar-refractivity contribution in [1.82, 2.24) is 14.8 Å². The Morgan fingerprint density at radius 2 is 1.94 bits per heavy atom. The van der Waals surface area contributed by atoms with Crippen LogP contribution in [-0.4, -0.2) is 25.6 Å². The van der Waals surface area contributed by atoms with E-state index >= 15 is 0 Å². The number of rotatable bonds is 7. The Morgan fingerprint density at radius 3 is 2.62 bits per heavy atom. The lowest BCUT2D eigenvalue weighted by Gasteiger charge is -2.16. The van der Waals surface area contributed by atoms with Gasteiger partial charge in [0.15, 0.2) is 16.7 Å². The summed E-state index contributed by atoms with van der Waals surface area (Å²) in [5, 5.41) is 22.3. The molecule has 1 unspecified atom stereocenters. The fraction of sp³-hybridized carbons (Fsp3) is 0.136. The molecule has 1 atom stereocenters. The topological polar surface area (TPSA) is 116 Å². The second-order valence-electron chi connectivity index (χ2n) is 7.02. The van der Waals surface area contributed by atoms with Gasteiger partial charge in [0.05, 0.1) is 11.2 Å².